The van der Waals surface area contributed by atoms with E-state index in [4.69, 9.17) is 14.2 Å². The topological polar surface area (TPSA) is 87.9 Å². The summed E-state index contributed by atoms with van der Waals surface area (Å²) in [5.74, 6) is 0.878. The number of nitro groups is 1. The van der Waals surface area contributed by atoms with E-state index in [2.05, 4.69) is 0 Å². The predicted octanol–water partition coefficient (Wildman–Crippen LogP) is 5.15. The fourth-order valence-corrected chi connectivity index (χ4v) is 2.90. The van der Waals surface area contributed by atoms with E-state index in [9.17, 15) is 14.9 Å². The number of nitro benzene ring substituents is 1. The second-order valence-corrected chi connectivity index (χ2v) is 6.54. The maximum absolute atomic E-state index is 12.9. The molecule has 0 fully saturated rings. The van der Waals surface area contributed by atoms with Gasteiger partial charge in [-0.1, -0.05) is 24.3 Å². The molecule has 7 nitrogen and oxygen atoms in total. The molecule has 3 rings (SSSR count). The van der Waals surface area contributed by atoms with Gasteiger partial charge in [0.1, 0.15) is 11.5 Å². The first-order valence-electron chi connectivity index (χ1n) is 9.39. The Morgan fingerprint density at radius 3 is 2.26 bits per heavy atom. The smallest absolute Gasteiger partial charge is 0.269 e. The molecule has 0 amide bonds. The van der Waals surface area contributed by atoms with Gasteiger partial charge in [0.05, 0.1) is 17.6 Å². The molecule has 0 atom stereocenters. The number of allylic oxidation sites excluding steroid dienone is 1. The van der Waals surface area contributed by atoms with Crippen LogP contribution in [0.5, 0.6) is 11.5 Å². The van der Waals surface area contributed by atoms with Crippen LogP contribution in [0.2, 0.25) is 0 Å². The number of carbonyl (C=O) groups excluding carboxylic acids is 1. The third-order valence-corrected chi connectivity index (χ3v) is 4.53. The number of methoxy groups -OCH3 is 2. The minimum atomic E-state index is -0.470. The summed E-state index contributed by atoms with van der Waals surface area (Å²) in [5, 5.41) is 10.8. The van der Waals surface area contributed by atoms with Crippen LogP contribution >= 0.6 is 0 Å². The number of hydrogen-bond acceptors (Lipinski definition) is 6. The van der Waals surface area contributed by atoms with E-state index in [0.29, 0.717) is 16.9 Å². The van der Waals surface area contributed by atoms with Crippen molar-refractivity contribution >= 4 is 17.5 Å². The van der Waals surface area contributed by atoms with Crippen molar-refractivity contribution in [1.29, 1.82) is 0 Å². The number of benzene rings is 3. The van der Waals surface area contributed by atoms with Crippen LogP contribution in [-0.4, -0.2) is 31.7 Å². The molecule has 7 heteroatoms. The molecule has 0 saturated heterocycles. The Labute approximate surface area is 179 Å². The van der Waals surface area contributed by atoms with Crippen molar-refractivity contribution in [1.82, 2.24) is 0 Å². The highest BCUT2D eigenvalue weighted by molar-refractivity contribution is 6.09. The van der Waals surface area contributed by atoms with Gasteiger partial charge in [0.15, 0.2) is 12.6 Å². The molecular weight excluding hydrogens is 398 g/mol. The van der Waals surface area contributed by atoms with Crippen LogP contribution in [0.4, 0.5) is 5.69 Å². The molecule has 3 aromatic rings. The molecule has 0 aromatic heterocycles. The molecule has 0 spiro atoms. The lowest BCUT2D eigenvalue weighted by atomic mass is 9.99. The number of ketones is 1. The number of rotatable bonds is 9. The number of ether oxygens (including phenoxy) is 3. The molecule has 0 heterocycles. The van der Waals surface area contributed by atoms with E-state index in [1.165, 1.54) is 25.3 Å². The highest BCUT2D eigenvalue weighted by Crippen LogP contribution is 2.29. The van der Waals surface area contributed by atoms with Crippen molar-refractivity contribution in [2.75, 3.05) is 21.0 Å². The normalized spacial score (nSPS) is 10.8. The van der Waals surface area contributed by atoms with Gasteiger partial charge in [-0.15, -0.1) is 0 Å². The largest absolute Gasteiger partial charge is 0.497 e. The molecule has 0 aliphatic heterocycles. The van der Waals surface area contributed by atoms with E-state index in [1.54, 1.807) is 37.5 Å². The number of non-ortho nitro benzene ring substituents is 1. The van der Waals surface area contributed by atoms with Gasteiger partial charge >= 0.3 is 0 Å². The summed E-state index contributed by atoms with van der Waals surface area (Å²) in [6.45, 7) is 0.00816. The van der Waals surface area contributed by atoms with Crippen molar-refractivity contribution < 1.29 is 23.9 Å². The van der Waals surface area contributed by atoms with Crippen LogP contribution in [0.3, 0.4) is 0 Å². The summed E-state index contributed by atoms with van der Waals surface area (Å²) >= 11 is 0. The van der Waals surface area contributed by atoms with E-state index >= 15 is 0 Å². The van der Waals surface area contributed by atoms with E-state index in [1.807, 2.05) is 30.3 Å². The molecule has 0 unspecified atom stereocenters. The minimum Gasteiger partial charge on any atom is -0.497 e. The number of carbonyl (C=O) groups is 1. The number of nitrogens with zero attached hydrogens (tertiary/aromatic N) is 1. The zero-order chi connectivity index (χ0) is 22.2. The van der Waals surface area contributed by atoms with Crippen LogP contribution in [0.1, 0.15) is 15.9 Å². The second kappa shape index (κ2) is 10.2. The average Bonchev–Trinajstić information content (AvgIpc) is 2.81. The average molecular weight is 419 g/mol. The first kappa shape index (κ1) is 21.7. The molecule has 0 radical (unpaired) electrons. The summed E-state index contributed by atoms with van der Waals surface area (Å²) in [6, 6.07) is 18.8. The Kier molecular flexibility index (Phi) is 7.13. The van der Waals surface area contributed by atoms with Gasteiger partial charge in [-0.2, -0.15) is 0 Å². The first-order chi connectivity index (χ1) is 15.0. The molecule has 0 bridgehead atoms. The van der Waals surface area contributed by atoms with Crippen molar-refractivity contribution in [2.45, 2.75) is 0 Å². The molecule has 158 valence electrons. The Hall–Kier alpha value is -3.97. The van der Waals surface area contributed by atoms with E-state index in [-0.39, 0.29) is 18.3 Å². The van der Waals surface area contributed by atoms with Gasteiger partial charge < -0.3 is 14.2 Å². The molecule has 0 N–H and O–H groups in total. The molecule has 0 aliphatic carbocycles. The fourth-order valence-electron chi connectivity index (χ4n) is 2.90. The van der Waals surface area contributed by atoms with Crippen LogP contribution in [0.15, 0.2) is 72.8 Å². The highest BCUT2D eigenvalue weighted by Gasteiger charge is 2.13. The van der Waals surface area contributed by atoms with Crippen LogP contribution < -0.4 is 9.47 Å². The lowest BCUT2D eigenvalue weighted by molar-refractivity contribution is -0.384. The van der Waals surface area contributed by atoms with Gasteiger partial charge in [0.25, 0.3) is 5.69 Å². The van der Waals surface area contributed by atoms with Gasteiger partial charge in [-0.05, 0) is 59.2 Å². The van der Waals surface area contributed by atoms with Gasteiger partial charge in [-0.25, -0.2) is 0 Å². The summed E-state index contributed by atoms with van der Waals surface area (Å²) in [5.41, 5.74) is 2.81. The zero-order valence-corrected chi connectivity index (χ0v) is 17.1. The lowest BCUT2D eigenvalue weighted by Gasteiger charge is -2.11. The predicted molar refractivity (Wildman–Crippen MR) is 117 cm³/mol. The summed E-state index contributed by atoms with van der Waals surface area (Å²) in [7, 11) is 3.10. The SMILES string of the molecule is COCOc1ccc(-c2ccc(OC)cc2)cc1C(=O)/C=C/c1ccc([N+](=O)[O-])cc1. The van der Waals surface area contributed by atoms with Crippen LogP contribution in [0, 0.1) is 10.1 Å². The fraction of sp³-hybridized carbons (Fsp3) is 0.125. The first-order valence-corrected chi connectivity index (χ1v) is 9.39. The zero-order valence-electron chi connectivity index (χ0n) is 17.1. The third kappa shape index (κ3) is 5.55. The van der Waals surface area contributed by atoms with E-state index in [0.717, 1.165) is 16.9 Å². The summed E-state index contributed by atoms with van der Waals surface area (Å²) in [4.78, 5) is 23.2. The Morgan fingerprint density at radius 2 is 1.65 bits per heavy atom. The molecule has 0 aliphatic rings. The Morgan fingerprint density at radius 1 is 0.968 bits per heavy atom. The highest BCUT2D eigenvalue weighted by atomic mass is 16.7. The van der Waals surface area contributed by atoms with Crippen molar-refractivity contribution in [3.05, 3.63) is 94.0 Å². The quantitative estimate of drug-likeness (QED) is 0.157. The van der Waals surface area contributed by atoms with Gasteiger partial charge in [0.2, 0.25) is 0 Å². The van der Waals surface area contributed by atoms with Crippen LogP contribution in [-0.2, 0) is 4.74 Å². The minimum absolute atomic E-state index is 0.00816. The monoisotopic (exact) mass is 419 g/mol. The number of hydrogen-bond donors (Lipinski definition) is 0. The van der Waals surface area contributed by atoms with Gasteiger partial charge in [-0.3, -0.25) is 14.9 Å². The maximum Gasteiger partial charge on any atom is 0.269 e. The van der Waals surface area contributed by atoms with Crippen molar-refractivity contribution in [3.63, 3.8) is 0 Å². The lowest BCUT2D eigenvalue weighted by Crippen LogP contribution is -2.05. The summed E-state index contributed by atoms with van der Waals surface area (Å²) < 4.78 is 15.7. The molecule has 31 heavy (non-hydrogen) atoms. The van der Waals surface area contributed by atoms with Gasteiger partial charge in [0, 0.05) is 19.2 Å². The maximum atomic E-state index is 12.9. The molecule has 3 aromatic carbocycles. The Bertz CT molecular complexity index is 1090. The molecular formula is C24H21NO6. The van der Waals surface area contributed by atoms with Crippen LogP contribution in [0.25, 0.3) is 17.2 Å². The third-order valence-electron chi connectivity index (χ3n) is 4.53. The standard InChI is InChI=1S/C24H21NO6/c1-29-16-31-24-14-8-19(18-6-11-21(30-2)12-7-18)15-22(24)23(26)13-5-17-3-9-20(10-4-17)25(27)28/h3-15H,16H2,1-2H3/b13-5+. The summed E-state index contributed by atoms with van der Waals surface area (Å²) in [6.07, 6.45) is 3.01. The molecule has 0 saturated carbocycles. The van der Waals surface area contributed by atoms with Crippen molar-refractivity contribution in [3.8, 4) is 22.6 Å². The Balaban J connectivity index is 1.89. The van der Waals surface area contributed by atoms with E-state index < -0.39 is 4.92 Å². The van der Waals surface area contributed by atoms with Crippen molar-refractivity contribution in [2.24, 2.45) is 0 Å². The second-order valence-electron chi connectivity index (χ2n) is 6.54.